The van der Waals surface area contributed by atoms with Crippen molar-refractivity contribution >= 4 is 11.9 Å². The molecule has 1 heterocycles. The molecule has 0 aliphatic heterocycles. The van der Waals surface area contributed by atoms with Gasteiger partial charge in [0, 0.05) is 12.1 Å². The molecule has 1 fully saturated rings. The van der Waals surface area contributed by atoms with Crippen LogP contribution in [0.1, 0.15) is 53.5 Å². The first-order chi connectivity index (χ1) is 14.0. The van der Waals surface area contributed by atoms with E-state index in [2.05, 4.69) is 20.8 Å². The van der Waals surface area contributed by atoms with Crippen LogP contribution in [0.15, 0.2) is 24.3 Å². The van der Waals surface area contributed by atoms with E-state index in [-0.39, 0.29) is 24.7 Å². The number of rotatable bonds is 7. The largest absolute Gasteiger partial charge is 0.468 e. The van der Waals surface area contributed by atoms with Gasteiger partial charge in [-0.05, 0) is 53.8 Å². The van der Waals surface area contributed by atoms with Gasteiger partial charge < -0.3 is 20.5 Å². The number of hydrogen-bond donors (Lipinski definition) is 2. The Morgan fingerprint density at radius 1 is 1.17 bits per heavy atom. The number of benzene rings is 1. The summed E-state index contributed by atoms with van der Waals surface area (Å²) in [6.45, 7) is -0.0905. The lowest BCUT2D eigenvalue weighted by Crippen LogP contribution is -2.40. The highest BCUT2D eigenvalue weighted by molar-refractivity contribution is 5.89. The summed E-state index contributed by atoms with van der Waals surface area (Å²) in [5.74, 6) is -0.351. The highest BCUT2D eigenvalue weighted by Gasteiger charge is 2.27. The number of ether oxygens (including phenoxy) is 2. The molecule has 10 heteroatoms. The molecule has 0 amide bonds. The zero-order chi connectivity index (χ0) is 20.8. The number of methoxy groups -OCH3 is 2. The summed E-state index contributed by atoms with van der Waals surface area (Å²) >= 11 is 0. The monoisotopic (exact) mass is 402 g/mol. The van der Waals surface area contributed by atoms with E-state index in [4.69, 9.17) is 15.2 Å². The van der Waals surface area contributed by atoms with Crippen LogP contribution in [0.25, 0.3) is 0 Å². The van der Waals surface area contributed by atoms with Gasteiger partial charge in [0.2, 0.25) is 0 Å². The van der Waals surface area contributed by atoms with Crippen molar-refractivity contribution in [3.05, 3.63) is 41.2 Å². The number of carbonyl (C=O) groups is 2. The SMILES string of the molecule is COC(=O)Cn1nnnc1C(NC1CCC(N)CC1)c1ccc(C(=O)OC)cc1. The summed E-state index contributed by atoms with van der Waals surface area (Å²) < 4.78 is 10.9. The number of aromatic nitrogens is 4. The second-order valence-corrected chi connectivity index (χ2v) is 7.10. The van der Waals surface area contributed by atoms with Crippen LogP contribution in [0, 0.1) is 0 Å². The van der Waals surface area contributed by atoms with E-state index in [0.717, 1.165) is 31.2 Å². The third-order valence-corrected chi connectivity index (χ3v) is 5.16. The van der Waals surface area contributed by atoms with E-state index < -0.39 is 11.9 Å². The number of nitrogens with two attached hydrogens (primary N) is 1. The highest BCUT2D eigenvalue weighted by Crippen LogP contribution is 2.25. The molecule has 1 aliphatic rings. The molecule has 0 spiro atoms. The first-order valence-corrected chi connectivity index (χ1v) is 9.54. The average molecular weight is 402 g/mol. The Hall–Kier alpha value is -2.85. The normalized spacial score (nSPS) is 20.1. The van der Waals surface area contributed by atoms with Crippen molar-refractivity contribution in [1.82, 2.24) is 25.5 Å². The lowest BCUT2D eigenvalue weighted by molar-refractivity contribution is -0.141. The van der Waals surface area contributed by atoms with Crippen LogP contribution in [0.5, 0.6) is 0 Å². The maximum atomic E-state index is 11.7. The van der Waals surface area contributed by atoms with Crippen LogP contribution in [-0.2, 0) is 20.8 Å². The highest BCUT2D eigenvalue weighted by atomic mass is 16.5. The minimum Gasteiger partial charge on any atom is -0.468 e. The number of esters is 2. The number of tetrazole rings is 1. The molecule has 0 radical (unpaired) electrons. The quantitative estimate of drug-likeness (QED) is 0.638. The molecule has 2 aromatic rings. The van der Waals surface area contributed by atoms with E-state index in [9.17, 15) is 9.59 Å². The third kappa shape index (κ3) is 5.15. The molecule has 0 saturated heterocycles. The fraction of sp³-hybridized carbons (Fsp3) is 0.526. The van der Waals surface area contributed by atoms with Gasteiger partial charge in [-0.2, -0.15) is 0 Å². The summed E-state index contributed by atoms with van der Waals surface area (Å²) in [5.41, 5.74) is 7.35. The Morgan fingerprint density at radius 2 is 1.86 bits per heavy atom. The summed E-state index contributed by atoms with van der Waals surface area (Å²) in [6, 6.07) is 7.16. The van der Waals surface area contributed by atoms with Gasteiger partial charge in [-0.25, -0.2) is 9.48 Å². The Morgan fingerprint density at radius 3 is 2.48 bits per heavy atom. The molecule has 1 aromatic carbocycles. The van der Waals surface area contributed by atoms with Gasteiger partial charge in [-0.3, -0.25) is 4.79 Å². The predicted molar refractivity (Wildman–Crippen MR) is 103 cm³/mol. The molecule has 1 aliphatic carbocycles. The van der Waals surface area contributed by atoms with Crippen LogP contribution in [0.2, 0.25) is 0 Å². The molecule has 10 nitrogen and oxygen atoms in total. The van der Waals surface area contributed by atoms with Crippen molar-refractivity contribution in [2.75, 3.05) is 14.2 Å². The van der Waals surface area contributed by atoms with Crippen LogP contribution < -0.4 is 11.1 Å². The van der Waals surface area contributed by atoms with Crippen LogP contribution in [0.4, 0.5) is 0 Å². The lowest BCUT2D eigenvalue weighted by atomic mass is 9.90. The Bertz CT molecular complexity index is 829. The molecule has 1 aromatic heterocycles. The number of carbonyl (C=O) groups excluding carboxylic acids is 2. The van der Waals surface area contributed by atoms with E-state index in [1.807, 2.05) is 12.1 Å². The zero-order valence-electron chi connectivity index (χ0n) is 16.6. The summed E-state index contributed by atoms with van der Waals surface area (Å²) in [7, 11) is 2.66. The van der Waals surface area contributed by atoms with Crippen molar-refractivity contribution in [2.45, 2.75) is 50.4 Å². The van der Waals surface area contributed by atoms with Gasteiger partial charge in [-0.1, -0.05) is 12.1 Å². The van der Waals surface area contributed by atoms with Crippen LogP contribution in [0.3, 0.4) is 0 Å². The zero-order valence-corrected chi connectivity index (χ0v) is 16.6. The molecule has 1 saturated carbocycles. The van der Waals surface area contributed by atoms with Gasteiger partial charge in [0.25, 0.3) is 0 Å². The van der Waals surface area contributed by atoms with Gasteiger partial charge in [0.1, 0.15) is 6.54 Å². The Labute approximate surface area is 168 Å². The van der Waals surface area contributed by atoms with Gasteiger partial charge >= 0.3 is 11.9 Å². The van der Waals surface area contributed by atoms with Crippen molar-refractivity contribution in [2.24, 2.45) is 5.73 Å². The second kappa shape index (κ2) is 9.57. The van der Waals surface area contributed by atoms with Gasteiger partial charge in [-0.15, -0.1) is 5.10 Å². The Kier molecular flexibility index (Phi) is 6.89. The number of nitrogens with one attached hydrogen (secondary N) is 1. The van der Waals surface area contributed by atoms with E-state index in [0.29, 0.717) is 11.4 Å². The molecule has 3 rings (SSSR count). The van der Waals surface area contributed by atoms with E-state index in [1.54, 1.807) is 12.1 Å². The lowest BCUT2D eigenvalue weighted by Gasteiger charge is -2.30. The molecule has 29 heavy (non-hydrogen) atoms. The molecule has 3 N–H and O–H groups in total. The Balaban J connectivity index is 1.89. The smallest absolute Gasteiger partial charge is 0.337 e. The van der Waals surface area contributed by atoms with Crippen molar-refractivity contribution in [1.29, 1.82) is 0 Å². The number of nitrogens with zero attached hydrogens (tertiary/aromatic N) is 4. The minimum atomic E-state index is -0.443. The standard InChI is InChI=1S/C19H26N6O4/c1-28-16(26)11-25-18(22-23-24-25)17(21-15-9-7-14(20)8-10-15)12-3-5-13(6-4-12)19(27)29-2/h3-6,14-15,17,21H,7-11,20H2,1-2H3. The first kappa shape index (κ1) is 20.9. The first-order valence-electron chi connectivity index (χ1n) is 9.54. The molecule has 1 atom stereocenters. The van der Waals surface area contributed by atoms with Crippen molar-refractivity contribution in [3.8, 4) is 0 Å². The molecule has 156 valence electrons. The summed E-state index contributed by atoms with van der Waals surface area (Å²) in [4.78, 5) is 23.5. The molecule has 1 unspecified atom stereocenters. The van der Waals surface area contributed by atoms with Crippen molar-refractivity contribution < 1.29 is 19.1 Å². The van der Waals surface area contributed by atoms with Gasteiger partial charge in [0.15, 0.2) is 5.82 Å². The van der Waals surface area contributed by atoms with Crippen LogP contribution >= 0.6 is 0 Å². The second-order valence-electron chi connectivity index (χ2n) is 7.10. The summed E-state index contributed by atoms with van der Waals surface area (Å²) in [5, 5.41) is 15.4. The van der Waals surface area contributed by atoms with E-state index in [1.165, 1.54) is 18.9 Å². The molecular formula is C19H26N6O4. The average Bonchev–Trinajstić information content (AvgIpc) is 3.20. The maximum Gasteiger partial charge on any atom is 0.337 e. The van der Waals surface area contributed by atoms with Crippen molar-refractivity contribution in [3.63, 3.8) is 0 Å². The van der Waals surface area contributed by atoms with Gasteiger partial charge in [0.05, 0.1) is 25.8 Å². The predicted octanol–water partition coefficient (Wildman–Crippen LogP) is 0.582. The molecular weight excluding hydrogens is 376 g/mol. The summed E-state index contributed by atoms with van der Waals surface area (Å²) in [6.07, 6.45) is 3.77. The van der Waals surface area contributed by atoms with E-state index >= 15 is 0 Å². The topological polar surface area (TPSA) is 134 Å². The fourth-order valence-electron chi connectivity index (χ4n) is 3.49. The van der Waals surface area contributed by atoms with Crippen LogP contribution in [-0.4, -0.2) is 58.4 Å². The maximum absolute atomic E-state index is 11.7. The number of hydrogen-bond acceptors (Lipinski definition) is 9. The minimum absolute atomic E-state index is 0.0905. The molecule has 0 bridgehead atoms. The third-order valence-electron chi connectivity index (χ3n) is 5.16. The fourth-order valence-corrected chi connectivity index (χ4v) is 3.49.